The smallest absolute Gasteiger partial charge is 0.249 e. The lowest BCUT2D eigenvalue weighted by atomic mass is 10.1. The number of pyridine rings is 1. The van der Waals surface area contributed by atoms with Gasteiger partial charge in [0.2, 0.25) is 17.8 Å². The molecule has 2 aromatic rings. The van der Waals surface area contributed by atoms with Gasteiger partial charge in [-0.15, -0.1) is 0 Å². The van der Waals surface area contributed by atoms with E-state index >= 15 is 0 Å². The highest BCUT2D eigenvalue weighted by atomic mass is 16.6. The number of carbonyl (C=O) groups is 2. The molecule has 0 radical (unpaired) electrons. The predicted molar refractivity (Wildman–Crippen MR) is 118 cm³/mol. The second-order valence-corrected chi connectivity index (χ2v) is 7.73. The van der Waals surface area contributed by atoms with E-state index in [1.165, 1.54) is 0 Å². The fraction of sp³-hybridized carbons (Fsp3) is 0.364. The van der Waals surface area contributed by atoms with E-state index in [4.69, 9.17) is 9.47 Å². The van der Waals surface area contributed by atoms with Crippen LogP contribution in [0.15, 0.2) is 47.6 Å². The van der Waals surface area contributed by atoms with Crippen LogP contribution in [0.2, 0.25) is 0 Å². The van der Waals surface area contributed by atoms with Gasteiger partial charge in [-0.05, 0) is 24.3 Å². The molecule has 0 aliphatic carbocycles. The Bertz CT molecular complexity index is 1040. The Hall–Kier alpha value is -3.82. The van der Waals surface area contributed by atoms with Crippen LogP contribution in [0.1, 0.15) is 6.42 Å². The highest BCUT2D eigenvalue weighted by Gasteiger charge is 2.31. The van der Waals surface area contributed by atoms with Crippen molar-refractivity contribution >= 4 is 29.3 Å². The zero-order valence-electron chi connectivity index (χ0n) is 17.5. The van der Waals surface area contributed by atoms with Crippen LogP contribution in [0.3, 0.4) is 0 Å². The first-order valence-corrected chi connectivity index (χ1v) is 10.6. The predicted octanol–water partition coefficient (Wildman–Crippen LogP) is 0.858. The minimum absolute atomic E-state index is 0.00772. The summed E-state index contributed by atoms with van der Waals surface area (Å²) in [6, 6.07) is 10.3. The van der Waals surface area contributed by atoms with Gasteiger partial charge in [0.15, 0.2) is 11.5 Å². The number of rotatable bonds is 3. The number of aromatic nitrogens is 1. The monoisotopic (exact) mass is 436 g/mol. The lowest BCUT2D eigenvalue weighted by Gasteiger charge is -2.38. The molecule has 1 atom stereocenters. The van der Waals surface area contributed by atoms with E-state index in [1.54, 1.807) is 24.4 Å². The maximum Gasteiger partial charge on any atom is 0.249 e. The van der Waals surface area contributed by atoms with E-state index in [9.17, 15) is 9.59 Å². The number of anilines is 2. The minimum atomic E-state index is -0.791. The first-order valence-electron chi connectivity index (χ1n) is 10.6. The number of hydrogen-bond donors (Lipinski definition) is 2. The van der Waals surface area contributed by atoms with Crippen molar-refractivity contribution in [2.45, 2.75) is 12.5 Å². The zero-order chi connectivity index (χ0) is 21.9. The molecule has 1 aromatic carbocycles. The van der Waals surface area contributed by atoms with Crippen molar-refractivity contribution in [3.8, 4) is 11.5 Å². The maximum absolute atomic E-state index is 12.8. The van der Waals surface area contributed by atoms with Crippen LogP contribution in [0.5, 0.6) is 11.5 Å². The van der Waals surface area contributed by atoms with E-state index in [1.807, 2.05) is 23.1 Å². The van der Waals surface area contributed by atoms with Crippen LogP contribution in [0.25, 0.3) is 0 Å². The number of aliphatic imine (C=N–C) groups is 1. The third kappa shape index (κ3) is 4.29. The van der Waals surface area contributed by atoms with E-state index in [2.05, 4.69) is 25.5 Å². The molecule has 1 unspecified atom stereocenters. The Morgan fingerprint density at radius 2 is 1.81 bits per heavy atom. The highest BCUT2D eigenvalue weighted by Crippen LogP contribution is 2.32. The maximum atomic E-state index is 12.8. The Kier molecular flexibility index (Phi) is 5.49. The summed E-state index contributed by atoms with van der Waals surface area (Å²) in [7, 11) is 0. The zero-order valence-corrected chi connectivity index (χ0v) is 17.5. The summed E-state index contributed by atoms with van der Waals surface area (Å²) in [5.41, 5.74) is 0.575. The van der Waals surface area contributed by atoms with Gasteiger partial charge in [0, 0.05) is 44.1 Å². The molecule has 0 bridgehead atoms. The summed E-state index contributed by atoms with van der Waals surface area (Å²) >= 11 is 0. The number of piperazine rings is 1. The summed E-state index contributed by atoms with van der Waals surface area (Å²) in [5, 5.41) is 5.65. The molecule has 4 heterocycles. The van der Waals surface area contributed by atoms with Gasteiger partial charge in [-0.2, -0.15) is 0 Å². The minimum Gasteiger partial charge on any atom is -0.486 e. The van der Waals surface area contributed by atoms with Gasteiger partial charge in [-0.3, -0.25) is 14.9 Å². The molecule has 1 fully saturated rings. The van der Waals surface area contributed by atoms with Gasteiger partial charge >= 0.3 is 0 Å². The average Bonchev–Trinajstić information content (AvgIpc) is 2.84. The molecule has 0 spiro atoms. The van der Waals surface area contributed by atoms with Crippen molar-refractivity contribution in [3.05, 3.63) is 42.6 Å². The molecule has 1 saturated heterocycles. The second-order valence-electron chi connectivity index (χ2n) is 7.73. The summed E-state index contributed by atoms with van der Waals surface area (Å²) < 4.78 is 11.1. The van der Waals surface area contributed by atoms with Crippen LogP contribution in [-0.2, 0) is 9.59 Å². The molecule has 3 aliphatic heterocycles. The summed E-state index contributed by atoms with van der Waals surface area (Å²) in [5.74, 6) is 2.06. The van der Waals surface area contributed by atoms with Crippen LogP contribution in [-0.4, -0.2) is 73.1 Å². The quantitative estimate of drug-likeness (QED) is 0.735. The van der Waals surface area contributed by atoms with Crippen molar-refractivity contribution in [3.63, 3.8) is 0 Å². The average molecular weight is 436 g/mol. The molecule has 10 heteroatoms. The third-order valence-corrected chi connectivity index (χ3v) is 5.57. The summed E-state index contributed by atoms with van der Waals surface area (Å²) in [6.07, 6.45) is 1.78. The molecule has 32 heavy (non-hydrogen) atoms. The van der Waals surface area contributed by atoms with E-state index in [-0.39, 0.29) is 18.2 Å². The van der Waals surface area contributed by atoms with Crippen molar-refractivity contribution < 1.29 is 19.1 Å². The van der Waals surface area contributed by atoms with Crippen LogP contribution >= 0.6 is 0 Å². The third-order valence-electron chi connectivity index (χ3n) is 5.57. The lowest BCUT2D eigenvalue weighted by Crippen LogP contribution is -2.56. The number of guanidine groups is 1. The fourth-order valence-corrected chi connectivity index (χ4v) is 3.92. The molecule has 1 aromatic heterocycles. The number of ether oxygens (including phenoxy) is 2. The van der Waals surface area contributed by atoms with Gasteiger partial charge in [-0.1, -0.05) is 6.07 Å². The van der Waals surface area contributed by atoms with Crippen LogP contribution < -0.4 is 25.0 Å². The number of carbonyl (C=O) groups excluding carboxylic acids is 2. The first kappa shape index (κ1) is 20.1. The number of amides is 2. The topological polar surface area (TPSA) is 108 Å². The molecule has 3 aliphatic rings. The normalized spacial score (nSPS) is 20.3. The molecule has 10 nitrogen and oxygen atoms in total. The van der Waals surface area contributed by atoms with Gasteiger partial charge in [0.25, 0.3) is 0 Å². The van der Waals surface area contributed by atoms with E-state index < -0.39 is 6.04 Å². The summed E-state index contributed by atoms with van der Waals surface area (Å²) in [4.78, 5) is 38.3. The van der Waals surface area contributed by atoms with Gasteiger partial charge in [-0.25, -0.2) is 9.98 Å². The number of fused-ring (bicyclic) bond motifs is 1. The largest absolute Gasteiger partial charge is 0.486 e. The fourth-order valence-electron chi connectivity index (χ4n) is 3.92. The molecule has 5 rings (SSSR count). The van der Waals surface area contributed by atoms with Crippen molar-refractivity contribution in [1.29, 1.82) is 0 Å². The Morgan fingerprint density at radius 3 is 2.59 bits per heavy atom. The first-order chi connectivity index (χ1) is 15.7. The molecule has 2 N–H and O–H groups in total. The molecule has 166 valence electrons. The van der Waals surface area contributed by atoms with Crippen molar-refractivity contribution in [1.82, 2.24) is 15.2 Å². The number of hydrogen-bond acceptors (Lipinski definition) is 8. The summed E-state index contributed by atoms with van der Waals surface area (Å²) in [6.45, 7) is 3.82. The Labute approximate surface area is 185 Å². The molecular weight excluding hydrogens is 412 g/mol. The number of benzene rings is 1. The number of nitrogens with zero attached hydrogens (tertiary/aromatic N) is 4. The lowest BCUT2D eigenvalue weighted by molar-refractivity contribution is -0.125. The van der Waals surface area contributed by atoms with Crippen molar-refractivity contribution in [2.24, 2.45) is 4.99 Å². The standard InChI is InChI=1S/C22H24N6O4/c29-20-14-16(21(30)24-15-4-5-17-18(13-15)32-12-11-31-17)25-22(26-20)28-9-7-27(8-10-28)19-3-1-2-6-23-19/h1-6,13,16H,7-12,14H2,(H,24,30)(H,25,26,29). The highest BCUT2D eigenvalue weighted by molar-refractivity contribution is 6.06. The Balaban J connectivity index is 1.24. The van der Waals surface area contributed by atoms with Gasteiger partial charge < -0.3 is 24.6 Å². The molecule has 0 saturated carbocycles. The van der Waals surface area contributed by atoms with Gasteiger partial charge in [0.1, 0.15) is 25.1 Å². The van der Waals surface area contributed by atoms with Crippen molar-refractivity contribution in [2.75, 3.05) is 49.6 Å². The number of nitrogens with one attached hydrogen (secondary N) is 2. The molecular formula is C22H24N6O4. The Morgan fingerprint density at radius 1 is 1.03 bits per heavy atom. The van der Waals surface area contributed by atoms with Crippen LogP contribution in [0, 0.1) is 0 Å². The SMILES string of the molecule is O=C1CC(C(=O)Nc2ccc3c(c2)OCCO3)N=C(N2CCN(c3ccccn3)CC2)N1. The van der Waals surface area contributed by atoms with Crippen LogP contribution in [0.4, 0.5) is 11.5 Å². The second kappa shape index (κ2) is 8.74. The molecule has 2 amide bonds. The van der Waals surface area contributed by atoms with Gasteiger partial charge in [0.05, 0.1) is 6.42 Å². The van der Waals surface area contributed by atoms with E-state index in [0.29, 0.717) is 49.4 Å². The van der Waals surface area contributed by atoms with E-state index in [0.717, 1.165) is 18.9 Å².